The van der Waals surface area contributed by atoms with E-state index in [4.69, 9.17) is 0 Å². The van der Waals surface area contributed by atoms with E-state index in [1.54, 1.807) is 23.9 Å². The Bertz CT molecular complexity index is 1740. The fraction of sp³-hybridized carbons (Fsp3) is 0.467. The number of amides is 4. The number of carbonyl (C=O) groups excluding carboxylic acids is 4. The first-order chi connectivity index (χ1) is 22.1. The summed E-state index contributed by atoms with van der Waals surface area (Å²) < 4.78 is 0. The molecule has 8 saturated heterocycles. The molecular formula is C30H28N6O6S4. The highest BCUT2D eigenvalue weighted by atomic mass is 33.1. The molecule has 10 heterocycles. The van der Waals surface area contributed by atoms with Crippen LogP contribution in [-0.2, 0) is 30.0 Å². The number of para-hydroxylation sites is 2. The van der Waals surface area contributed by atoms with Crippen LogP contribution in [0.15, 0.2) is 48.5 Å². The standard InChI is InChI=1S/C30H28N6O6S4/c1-33-21(39)27-11-25(15-7-3-5-9-17(15)31-19(25)35(27)23(41)29(33,13-37)45-43-27)26-12-28-22(40)34(2)30(14-38,46-44-28)24(42)36(28)20(26)32-18-10-6-4-8-16(18)26/h3-10,19-20,31-32,37-38H,11-14H2,1-2H3/t19-,20-,25+,26+,27+,28?,29+,30?/m1/s1. The van der Waals surface area contributed by atoms with Crippen molar-refractivity contribution >= 4 is 78.2 Å². The van der Waals surface area contributed by atoms with Gasteiger partial charge in [-0.2, -0.15) is 0 Å². The van der Waals surface area contributed by atoms with Gasteiger partial charge in [0.15, 0.2) is 9.74 Å². The topological polar surface area (TPSA) is 146 Å². The van der Waals surface area contributed by atoms with Gasteiger partial charge in [-0.15, -0.1) is 0 Å². The van der Waals surface area contributed by atoms with Gasteiger partial charge in [-0.05, 0) is 44.8 Å². The third kappa shape index (κ3) is 2.48. The van der Waals surface area contributed by atoms with E-state index in [0.29, 0.717) is 0 Å². The highest BCUT2D eigenvalue weighted by Gasteiger charge is 2.87. The second-order valence-electron chi connectivity index (χ2n) is 13.3. The van der Waals surface area contributed by atoms with E-state index < -0.39 is 55.9 Å². The first kappa shape index (κ1) is 28.3. The van der Waals surface area contributed by atoms with E-state index in [1.165, 1.54) is 53.0 Å². The van der Waals surface area contributed by atoms with Crippen molar-refractivity contribution < 1.29 is 29.4 Å². The van der Waals surface area contributed by atoms with Crippen LogP contribution in [0, 0.1) is 0 Å². The Hall–Kier alpha value is -2.76. The molecule has 10 aliphatic heterocycles. The number of anilines is 2. The maximum Gasteiger partial charge on any atom is 0.265 e. The van der Waals surface area contributed by atoms with Crippen molar-refractivity contribution in [3.05, 3.63) is 59.7 Å². The molecule has 12 nitrogen and oxygen atoms in total. The van der Waals surface area contributed by atoms with Crippen LogP contribution in [0.3, 0.4) is 0 Å². The summed E-state index contributed by atoms with van der Waals surface area (Å²) in [6.07, 6.45) is -1.01. The average molecular weight is 697 g/mol. The summed E-state index contributed by atoms with van der Waals surface area (Å²) in [5.74, 6) is -1.19. The predicted molar refractivity (Wildman–Crippen MR) is 175 cm³/mol. The summed E-state index contributed by atoms with van der Waals surface area (Å²) in [5, 5.41) is 28.6. The molecule has 8 atom stereocenters. The van der Waals surface area contributed by atoms with Crippen LogP contribution in [0.2, 0.25) is 0 Å². The summed E-state index contributed by atoms with van der Waals surface area (Å²) in [6, 6.07) is 15.8. The fourth-order valence-electron chi connectivity index (χ4n) is 9.92. The molecule has 4 bridgehead atoms. The molecule has 238 valence electrons. The number of aliphatic hydroxyl groups excluding tert-OH is 2. The quantitative estimate of drug-likeness (QED) is 0.344. The van der Waals surface area contributed by atoms with Crippen molar-refractivity contribution in [1.29, 1.82) is 0 Å². The van der Waals surface area contributed by atoms with Crippen molar-refractivity contribution in [3.8, 4) is 0 Å². The smallest absolute Gasteiger partial charge is 0.265 e. The molecule has 16 heteroatoms. The lowest BCUT2D eigenvalue weighted by molar-refractivity contribution is -0.166. The zero-order chi connectivity index (χ0) is 31.8. The van der Waals surface area contributed by atoms with Gasteiger partial charge in [0, 0.05) is 38.3 Å². The molecular weight excluding hydrogens is 669 g/mol. The van der Waals surface area contributed by atoms with E-state index in [2.05, 4.69) is 10.6 Å². The number of nitrogens with zero attached hydrogens (tertiary/aromatic N) is 4. The van der Waals surface area contributed by atoms with Gasteiger partial charge in [-0.3, -0.25) is 29.0 Å². The number of fused-ring (bicyclic) bond motifs is 11. The maximum atomic E-state index is 14.7. The van der Waals surface area contributed by atoms with Crippen LogP contribution >= 0.6 is 43.2 Å². The minimum Gasteiger partial charge on any atom is -0.392 e. The van der Waals surface area contributed by atoms with Gasteiger partial charge < -0.3 is 30.6 Å². The number of aliphatic hydroxyl groups is 2. The Morgan fingerprint density at radius 2 is 1.04 bits per heavy atom. The minimum atomic E-state index is -1.47. The molecule has 2 unspecified atom stereocenters. The Labute approximate surface area is 279 Å². The number of hydrogen-bond acceptors (Lipinski definition) is 12. The lowest BCUT2D eigenvalue weighted by Crippen LogP contribution is -2.77. The lowest BCUT2D eigenvalue weighted by atomic mass is 9.54. The van der Waals surface area contributed by atoms with Crippen LogP contribution in [0.5, 0.6) is 0 Å². The normalized spacial score (nSPS) is 43.7. The highest BCUT2D eigenvalue weighted by Crippen LogP contribution is 2.78. The predicted octanol–water partition coefficient (Wildman–Crippen LogP) is 1.33. The van der Waals surface area contributed by atoms with E-state index in [0.717, 1.165) is 22.5 Å². The van der Waals surface area contributed by atoms with Crippen LogP contribution in [0.1, 0.15) is 24.0 Å². The summed E-state index contributed by atoms with van der Waals surface area (Å²) in [5.41, 5.74) is 1.45. The van der Waals surface area contributed by atoms with E-state index >= 15 is 0 Å². The number of benzene rings is 2. The highest BCUT2D eigenvalue weighted by molar-refractivity contribution is 8.78. The van der Waals surface area contributed by atoms with Gasteiger partial charge in [0.1, 0.15) is 12.3 Å². The van der Waals surface area contributed by atoms with Gasteiger partial charge in [-0.1, -0.05) is 58.0 Å². The van der Waals surface area contributed by atoms with Crippen LogP contribution in [-0.4, -0.2) is 113 Å². The van der Waals surface area contributed by atoms with Gasteiger partial charge in [0.05, 0.1) is 24.0 Å². The third-order valence-electron chi connectivity index (χ3n) is 12.0. The number of hydrogen-bond donors (Lipinski definition) is 4. The first-order valence-electron chi connectivity index (χ1n) is 15.0. The summed E-state index contributed by atoms with van der Waals surface area (Å²) in [4.78, 5) is 59.0. The van der Waals surface area contributed by atoms with Gasteiger partial charge >= 0.3 is 0 Å². The summed E-state index contributed by atoms with van der Waals surface area (Å²) in [7, 11) is 8.28. The summed E-state index contributed by atoms with van der Waals surface area (Å²) >= 11 is 0. The maximum absolute atomic E-state index is 14.7. The van der Waals surface area contributed by atoms with Crippen LogP contribution in [0.4, 0.5) is 11.4 Å². The molecule has 0 aliphatic carbocycles. The largest absolute Gasteiger partial charge is 0.392 e. The molecule has 0 aromatic heterocycles. The Kier molecular flexibility index (Phi) is 5.08. The van der Waals surface area contributed by atoms with Gasteiger partial charge in [-0.25, -0.2) is 0 Å². The Morgan fingerprint density at radius 3 is 1.43 bits per heavy atom. The molecule has 2 aromatic rings. The first-order valence-corrected chi connectivity index (χ1v) is 19.3. The van der Waals surface area contributed by atoms with Crippen molar-refractivity contribution in [2.24, 2.45) is 0 Å². The molecule has 4 N–H and O–H groups in total. The number of likely N-dealkylation sites (N-methyl/N-ethyl adjacent to an activating group) is 2. The van der Waals surface area contributed by atoms with E-state index in [-0.39, 0.29) is 36.5 Å². The Morgan fingerprint density at radius 1 is 0.652 bits per heavy atom. The monoisotopic (exact) mass is 696 g/mol. The molecule has 12 rings (SSSR count). The zero-order valence-electron chi connectivity index (χ0n) is 24.6. The number of carbonyl (C=O) groups is 4. The van der Waals surface area contributed by atoms with E-state index in [1.807, 2.05) is 48.5 Å². The molecule has 10 aliphatic rings. The SMILES string of the molecule is CN1C(=O)C23C[C@]4([C@]56C[C@@]78SS[C@@](CO)(C(=O)N7[C@H]5Nc5ccccc56)N(C)C8=O)c5ccccc5N[C@@H]4N2C(=O)C1(CO)SS3. The zero-order valence-corrected chi connectivity index (χ0v) is 27.8. The van der Waals surface area contributed by atoms with Crippen molar-refractivity contribution in [1.82, 2.24) is 19.6 Å². The van der Waals surface area contributed by atoms with Crippen molar-refractivity contribution in [2.45, 2.75) is 55.5 Å². The molecule has 4 amide bonds. The van der Waals surface area contributed by atoms with Crippen molar-refractivity contribution in [2.75, 3.05) is 37.9 Å². The second-order valence-corrected chi connectivity index (χ2v) is 18.7. The fourth-order valence-corrected chi connectivity index (χ4v) is 17.2. The molecule has 0 saturated carbocycles. The molecule has 8 fully saturated rings. The molecule has 0 radical (unpaired) electrons. The molecule has 2 spiro atoms. The van der Waals surface area contributed by atoms with Gasteiger partial charge in [0.25, 0.3) is 23.6 Å². The van der Waals surface area contributed by atoms with Crippen LogP contribution < -0.4 is 10.6 Å². The number of piperazine rings is 2. The number of rotatable bonds is 3. The average Bonchev–Trinajstić information content (AvgIpc) is 3.75. The third-order valence-corrected chi connectivity index (χ3v) is 19.3. The van der Waals surface area contributed by atoms with Crippen molar-refractivity contribution in [3.63, 3.8) is 0 Å². The van der Waals surface area contributed by atoms with Gasteiger partial charge in [0.2, 0.25) is 9.74 Å². The molecule has 46 heavy (non-hydrogen) atoms. The summed E-state index contributed by atoms with van der Waals surface area (Å²) in [6.45, 7) is -1.07. The minimum absolute atomic E-state index is 0.223. The number of nitrogens with one attached hydrogen (secondary N) is 2. The lowest BCUT2D eigenvalue weighted by Gasteiger charge is -2.57. The van der Waals surface area contributed by atoms with Crippen LogP contribution in [0.25, 0.3) is 0 Å². The molecule has 2 aromatic carbocycles. The van der Waals surface area contributed by atoms with E-state index in [9.17, 15) is 29.4 Å². The second kappa shape index (κ2) is 8.26. The Balaban J connectivity index is 1.29.